The Morgan fingerprint density at radius 2 is 1.90 bits per heavy atom. The van der Waals surface area contributed by atoms with Crippen molar-refractivity contribution < 1.29 is 14.7 Å². The summed E-state index contributed by atoms with van der Waals surface area (Å²) in [6, 6.07) is 6.37. The molecule has 1 N–H and O–H groups in total. The van der Waals surface area contributed by atoms with Crippen LogP contribution in [0.1, 0.15) is 42.4 Å². The molecular formula is C17H23NO3. The lowest BCUT2D eigenvalue weighted by atomic mass is 9.90. The zero-order valence-electron chi connectivity index (χ0n) is 12.6. The molecule has 0 radical (unpaired) electrons. The molecule has 0 aromatic heterocycles. The van der Waals surface area contributed by atoms with Gasteiger partial charge in [0.25, 0.3) is 0 Å². The highest BCUT2D eigenvalue weighted by Crippen LogP contribution is 2.22. The molecular weight excluding hydrogens is 266 g/mol. The summed E-state index contributed by atoms with van der Waals surface area (Å²) in [7, 11) is 1.74. The molecule has 1 aromatic rings. The van der Waals surface area contributed by atoms with E-state index in [0.29, 0.717) is 19.4 Å². The van der Waals surface area contributed by atoms with Crippen molar-refractivity contribution in [2.24, 2.45) is 0 Å². The summed E-state index contributed by atoms with van der Waals surface area (Å²) in [6.07, 6.45) is 5.77. The summed E-state index contributed by atoms with van der Waals surface area (Å²) in [5, 5.41) is 8.61. The number of carboxylic acids is 1. The average Bonchev–Trinajstić information content (AvgIpc) is 2.46. The van der Waals surface area contributed by atoms with Crippen LogP contribution >= 0.6 is 0 Å². The molecule has 0 saturated heterocycles. The van der Waals surface area contributed by atoms with Crippen LogP contribution in [0.4, 0.5) is 0 Å². The number of carbonyl (C=O) groups excluding carboxylic acids is 1. The van der Waals surface area contributed by atoms with Gasteiger partial charge in [0, 0.05) is 20.0 Å². The Balaban J connectivity index is 1.88. The first-order chi connectivity index (χ1) is 10.1. The highest BCUT2D eigenvalue weighted by Gasteiger charge is 2.13. The quantitative estimate of drug-likeness (QED) is 0.875. The van der Waals surface area contributed by atoms with Crippen molar-refractivity contribution in [1.29, 1.82) is 0 Å². The van der Waals surface area contributed by atoms with Crippen molar-refractivity contribution >= 4 is 11.9 Å². The molecule has 21 heavy (non-hydrogen) atoms. The van der Waals surface area contributed by atoms with Crippen molar-refractivity contribution in [3.8, 4) is 0 Å². The fourth-order valence-corrected chi connectivity index (χ4v) is 2.80. The third-order valence-corrected chi connectivity index (χ3v) is 4.08. The van der Waals surface area contributed by atoms with E-state index >= 15 is 0 Å². The Morgan fingerprint density at radius 3 is 2.62 bits per heavy atom. The lowest BCUT2D eigenvalue weighted by Crippen LogP contribution is -2.29. The first kappa shape index (κ1) is 15.5. The third-order valence-electron chi connectivity index (χ3n) is 4.08. The Morgan fingerprint density at radius 1 is 1.19 bits per heavy atom. The van der Waals surface area contributed by atoms with Gasteiger partial charge in [-0.25, -0.2) is 0 Å². The van der Waals surface area contributed by atoms with Gasteiger partial charge in [-0.15, -0.1) is 0 Å². The first-order valence-electron chi connectivity index (χ1n) is 7.62. The highest BCUT2D eigenvalue weighted by molar-refractivity contribution is 5.78. The van der Waals surface area contributed by atoms with E-state index in [9.17, 15) is 9.59 Å². The summed E-state index contributed by atoms with van der Waals surface area (Å²) >= 11 is 0. The number of hydrogen-bond acceptors (Lipinski definition) is 2. The Kier molecular flexibility index (Phi) is 5.37. The summed E-state index contributed by atoms with van der Waals surface area (Å²) in [4.78, 5) is 24.2. The van der Waals surface area contributed by atoms with E-state index in [0.717, 1.165) is 18.4 Å². The predicted molar refractivity (Wildman–Crippen MR) is 81.3 cm³/mol. The number of carboxylic acid groups (broad SMARTS) is 1. The van der Waals surface area contributed by atoms with Gasteiger partial charge in [-0.3, -0.25) is 9.59 Å². The maximum Gasteiger partial charge on any atom is 0.303 e. The molecule has 0 spiro atoms. The second-order valence-corrected chi connectivity index (χ2v) is 5.80. The molecule has 1 aromatic carbocycles. The summed E-state index contributed by atoms with van der Waals surface area (Å²) < 4.78 is 0. The molecule has 0 saturated carbocycles. The van der Waals surface area contributed by atoms with E-state index in [4.69, 9.17) is 5.11 Å². The van der Waals surface area contributed by atoms with Crippen LogP contribution in [0.3, 0.4) is 0 Å². The molecule has 1 aliphatic rings. The molecule has 2 rings (SSSR count). The number of nitrogens with zero attached hydrogens (tertiary/aromatic N) is 1. The molecule has 0 heterocycles. The van der Waals surface area contributed by atoms with Crippen LogP contribution in [0.25, 0.3) is 0 Å². The van der Waals surface area contributed by atoms with Gasteiger partial charge >= 0.3 is 5.97 Å². The van der Waals surface area contributed by atoms with E-state index in [-0.39, 0.29) is 12.3 Å². The van der Waals surface area contributed by atoms with Crippen LogP contribution in [0, 0.1) is 0 Å². The number of fused-ring (bicyclic) bond motifs is 1. The maximum absolute atomic E-state index is 12.1. The van der Waals surface area contributed by atoms with Gasteiger partial charge in [-0.2, -0.15) is 0 Å². The maximum atomic E-state index is 12.1. The van der Waals surface area contributed by atoms with Crippen molar-refractivity contribution in [1.82, 2.24) is 4.90 Å². The van der Waals surface area contributed by atoms with Gasteiger partial charge in [0.1, 0.15) is 0 Å². The van der Waals surface area contributed by atoms with Crippen LogP contribution in [0.15, 0.2) is 18.2 Å². The number of carbonyl (C=O) groups is 2. The molecule has 0 unspecified atom stereocenters. The van der Waals surface area contributed by atoms with Gasteiger partial charge in [0.15, 0.2) is 0 Å². The van der Waals surface area contributed by atoms with Crippen LogP contribution in [-0.2, 0) is 28.9 Å². The number of amides is 1. The summed E-state index contributed by atoms with van der Waals surface area (Å²) in [6.45, 7) is 0.496. The summed E-state index contributed by atoms with van der Waals surface area (Å²) in [5.74, 6) is -0.762. The van der Waals surface area contributed by atoms with Crippen molar-refractivity contribution in [2.45, 2.75) is 44.9 Å². The van der Waals surface area contributed by atoms with E-state index in [1.165, 1.54) is 24.0 Å². The minimum atomic E-state index is -0.814. The SMILES string of the molecule is CN(CCCC(=O)O)C(=O)Cc1ccc2c(c1)CCCC2. The van der Waals surface area contributed by atoms with Gasteiger partial charge in [-0.1, -0.05) is 18.2 Å². The lowest BCUT2D eigenvalue weighted by Gasteiger charge is -2.19. The van der Waals surface area contributed by atoms with Gasteiger partial charge < -0.3 is 10.0 Å². The van der Waals surface area contributed by atoms with E-state index in [1.54, 1.807) is 11.9 Å². The van der Waals surface area contributed by atoms with Gasteiger partial charge in [0.2, 0.25) is 5.91 Å². The van der Waals surface area contributed by atoms with E-state index in [1.807, 2.05) is 6.07 Å². The topological polar surface area (TPSA) is 57.6 Å². The zero-order chi connectivity index (χ0) is 15.2. The normalized spacial score (nSPS) is 13.6. The largest absolute Gasteiger partial charge is 0.481 e. The van der Waals surface area contributed by atoms with Crippen molar-refractivity contribution in [2.75, 3.05) is 13.6 Å². The van der Waals surface area contributed by atoms with Crippen LogP contribution in [0.2, 0.25) is 0 Å². The van der Waals surface area contributed by atoms with Crippen LogP contribution < -0.4 is 0 Å². The zero-order valence-corrected chi connectivity index (χ0v) is 12.6. The van der Waals surface area contributed by atoms with E-state index < -0.39 is 5.97 Å². The third kappa shape index (κ3) is 4.59. The Labute approximate surface area is 125 Å². The lowest BCUT2D eigenvalue weighted by molar-refractivity contribution is -0.138. The minimum absolute atomic E-state index is 0.0520. The number of aryl methyl sites for hydroxylation is 2. The average molecular weight is 289 g/mol. The molecule has 1 amide bonds. The number of likely N-dealkylation sites (N-methyl/N-ethyl adjacent to an activating group) is 1. The number of hydrogen-bond donors (Lipinski definition) is 1. The molecule has 0 bridgehead atoms. The summed E-state index contributed by atoms with van der Waals surface area (Å²) in [5.41, 5.74) is 3.87. The predicted octanol–water partition coefficient (Wildman–Crippen LogP) is 2.43. The Hall–Kier alpha value is -1.84. The first-order valence-corrected chi connectivity index (χ1v) is 7.62. The second kappa shape index (κ2) is 7.25. The number of benzene rings is 1. The molecule has 0 fully saturated rings. The number of aliphatic carboxylic acids is 1. The number of rotatable bonds is 6. The molecule has 0 atom stereocenters. The van der Waals surface area contributed by atoms with Gasteiger partial charge in [0.05, 0.1) is 6.42 Å². The Bertz CT molecular complexity index is 525. The fourth-order valence-electron chi connectivity index (χ4n) is 2.80. The molecule has 4 nitrogen and oxygen atoms in total. The van der Waals surface area contributed by atoms with E-state index in [2.05, 4.69) is 12.1 Å². The molecule has 114 valence electrons. The van der Waals surface area contributed by atoms with Crippen LogP contribution in [0.5, 0.6) is 0 Å². The minimum Gasteiger partial charge on any atom is -0.481 e. The molecule has 1 aliphatic carbocycles. The molecule has 4 heteroatoms. The monoisotopic (exact) mass is 289 g/mol. The van der Waals surface area contributed by atoms with Crippen LogP contribution in [-0.4, -0.2) is 35.5 Å². The van der Waals surface area contributed by atoms with Gasteiger partial charge in [-0.05, 0) is 48.8 Å². The van der Waals surface area contributed by atoms with Crippen molar-refractivity contribution in [3.63, 3.8) is 0 Å². The molecule has 0 aliphatic heterocycles. The van der Waals surface area contributed by atoms with Crippen molar-refractivity contribution in [3.05, 3.63) is 34.9 Å². The fraction of sp³-hybridized carbons (Fsp3) is 0.529. The highest BCUT2D eigenvalue weighted by atomic mass is 16.4. The smallest absolute Gasteiger partial charge is 0.303 e. The second-order valence-electron chi connectivity index (χ2n) is 5.80. The standard InChI is InChI=1S/C17H23NO3/c1-18(10-4-7-17(20)21)16(19)12-13-8-9-14-5-2-3-6-15(14)11-13/h8-9,11H,2-7,10,12H2,1H3,(H,20,21).